The molecule has 2 aromatic heterocycles. The maximum atomic E-state index is 12.5. The number of hydrogen-bond acceptors (Lipinski definition) is 4. The van der Waals surface area contributed by atoms with Crippen molar-refractivity contribution in [1.29, 1.82) is 0 Å². The Morgan fingerprint density at radius 2 is 2.26 bits per heavy atom. The third-order valence-electron chi connectivity index (χ3n) is 5.96. The lowest BCUT2D eigenvalue weighted by Gasteiger charge is -2.17. The Hall–Kier alpha value is -2.15. The molecule has 2 saturated heterocycles. The van der Waals surface area contributed by atoms with Crippen molar-refractivity contribution in [2.75, 3.05) is 19.7 Å². The van der Waals surface area contributed by atoms with Crippen LogP contribution in [0.25, 0.3) is 5.65 Å². The first-order valence-electron chi connectivity index (χ1n) is 10.1. The number of likely N-dealkylation sites (tertiary alicyclic amines) is 1. The maximum Gasteiger partial charge on any atom is 0.272 e. The number of fused-ring (bicyclic) bond motifs is 1. The van der Waals surface area contributed by atoms with Crippen LogP contribution in [-0.4, -0.2) is 51.2 Å². The van der Waals surface area contributed by atoms with E-state index in [9.17, 15) is 9.59 Å². The summed E-state index contributed by atoms with van der Waals surface area (Å²) in [6, 6.07) is 1.62. The maximum absolute atomic E-state index is 12.5. The number of amides is 1. The van der Waals surface area contributed by atoms with Gasteiger partial charge in [-0.05, 0) is 39.0 Å². The second-order valence-electron chi connectivity index (χ2n) is 7.75. The van der Waals surface area contributed by atoms with Crippen LogP contribution in [-0.2, 0) is 16.0 Å². The zero-order valence-corrected chi connectivity index (χ0v) is 16.2. The number of hydrogen-bond donors (Lipinski definition) is 1. The van der Waals surface area contributed by atoms with E-state index in [1.54, 1.807) is 6.07 Å². The Balaban J connectivity index is 1.46. The second kappa shape index (κ2) is 7.46. The van der Waals surface area contributed by atoms with Crippen LogP contribution in [0.15, 0.2) is 10.9 Å². The lowest BCUT2D eigenvalue weighted by molar-refractivity contribution is -0.130. The predicted octanol–water partition coefficient (Wildman–Crippen LogP) is 2.17. The van der Waals surface area contributed by atoms with E-state index < -0.39 is 0 Å². The number of carbonyl (C=O) groups is 1. The van der Waals surface area contributed by atoms with Crippen molar-refractivity contribution in [3.05, 3.63) is 33.4 Å². The summed E-state index contributed by atoms with van der Waals surface area (Å²) < 4.78 is 7.14. The van der Waals surface area contributed by atoms with Gasteiger partial charge in [0.1, 0.15) is 0 Å². The summed E-state index contributed by atoms with van der Waals surface area (Å²) in [6.07, 6.45) is 5.47. The monoisotopic (exact) mass is 372 g/mol. The van der Waals surface area contributed by atoms with Gasteiger partial charge in [0.15, 0.2) is 5.65 Å². The topological polar surface area (TPSA) is 79.7 Å². The molecule has 2 aliphatic heterocycles. The largest absolute Gasteiger partial charge is 0.378 e. The molecule has 2 fully saturated rings. The normalized spacial score (nSPS) is 22.8. The van der Waals surface area contributed by atoms with Crippen LogP contribution in [0.2, 0.25) is 0 Å². The second-order valence-corrected chi connectivity index (χ2v) is 7.75. The van der Waals surface area contributed by atoms with Gasteiger partial charge in [-0.1, -0.05) is 6.92 Å². The molecule has 4 rings (SSSR count). The molecule has 1 N–H and O–H groups in total. The van der Waals surface area contributed by atoms with E-state index in [1.165, 1.54) is 4.52 Å². The fourth-order valence-electron chi connectivity index (χ4n) is 4.39. The highest BCUT2D eigenvalue weighted by molar-refractivity contribution is 5.76. The fraction of sp³-hybridized carbons (Fsp3) is 0.650. The summed E-state index contributed by atoms with van der Waals surface area (Å²) in [5.41, 5.74) is 3.51. The van der Waals surface area contributed by atoms with Gasteiger partial charge < -0.3 is 9.64 Å². The molecule has 27 heavy (non-hydrogen) atoms. The average Bonchev–Trinajstić information content (AvgIpc) is 3.39. The third kappa shape index (κ3) is 3.52. The Morgan fingerprint density at radius 3 is 3.00 bits per heavy atom. The Bertz CT molecular complexity index is 894. The minimum absolute atomic E-state index is 0.0824. The zero-order valence-electron chi connectivity index (χ0n) is 16.2. The number of ether oxygens (including phenoxy) is 1. The number of nitrogens with zero attached hydrogens (tertiary/aromatic N) is 3. The molecule has 4 heterocycles. The Morgan fingerprint density at radius 1 is 1.41 bits per heavy atom. The summed E-state index contributed by atoms with van der Waals surface area (Å²) in [5, 5.41) is 3.10. The van der Waals surface area contributed by atoms with Gasteiger partial charge in [0.05, 0.1) is 11.8 Å². The van der Waals surface area contributed by atoms with Gasteiger partial charge in [-0.3, -0.25) is 14.7 Å². The average molecular weight is 372 g/mol. The van der Waals surface area contributed by atoms with Crippen LogP contribution in [0.4, 0.5) is 0 Å². The van der Waals surface area contributed by atoms with E-state index >= 15 is 0 Å². The highest BCUT2D eigenvalue weighted by Crippen LogP contribution is 2.27. The standard InChI is InChI=1S/C20H28N4O3/c1-3-16-13(2)22-24-19(26)11-17(21-20(16)24)14-8-9-23(12-14)18(25)7-6-15-5-4-10-27-15/h11,14-15,22H,3-10,12H2,1-2H3/t14-,15+/m1/s1. The van der Waals surface area contributed by atoms with Crippen LogP contribution >= 0.6 is 0 Å². The molecule has 0 unspecified atom stereocenters. The first kappa shape index (κ1) is 18.2. The molecular weight excluding hydrogens is 344 g/mol. The van der Waals surface area contributed by atoms with E-state index in [2.05, 4.69) is 12.0 Å². The molecule has 0 bridgehead atoms. The van der Waals surface area contributed by atoms with Crippen LogP contribution < -0.4 is 5.56 Å². The highest BCUT2D eigenvalue weighted by atomic mass is 16.5. The molecule has 146 valence electrons. The van der Waals surface area contributed by atoms with Gasteiger partial charge >= 0.3 is 0 Å². The summed E-state index contributed by atoms with van der Waals surface area (Å²) in [7, 11) is 0. The van der Waals surface area contributed by atoms with E-state index in [1.807, 2.05) is 11.8 Å². The quantitative estimate of drug-likeness (QED) is 0.872. The number of aromatic nitrogens is 3. The van der Waals surface area contributed by atoms with E-state index in [0.717, 1.165) is 67.9 Å². The zero-order chi connectivity index (χ0) is 19.0. The van der Waals surface area contributed by atoms with Crippen LogP contribution in [0, 0.1) is 6.92 Å². The summed E-state index contributed by atoms with van der Waals surface area (Å²) in [5.74, 6) is 0.326. The molecule has 0 spiro atoms. The summed E-state index contributed by atoms with van der Waals surface area (Å²) in [6.45, 7) is 6.25. The molecule has 2 aromatic rings. The Kier molecular flexibility index (Phi) is 5.04. The number of carbonyl (C=O) groups excluding carboxylic acids is 1. The highest BCUT2D eigenvalue weighted by Gasteiger charge is 2.29. The predicted molar refractivity (Wildman–Crippen MR) is 102 cm³/mol. The van der Waals surface area contributed by atoms with E-state index in [-0.39, 0.29) is 23.5 Å². The molecule has 2 atom stereocenters. The summed E-state index contributed by atoms with van der Waals surface area (Å²) >= 11 is 0. The lowest BCUT2D eigenvalue weighted by Crippen LogP contribution is -2.29. The van der Waals surface area contributed by atoms with Crippen LogP contribution in [0.3, 0.4) is 0 Å². The van der Waals surface area contributed by atoms with Crippen molar-refractivity contribution in [2.24, 2.45) is 0 Å². The van der Waals surface area contributed by atoms with Gasteiger partial charge in [-0.15, -0.1) is 0 Å². The molecule has 0 saturated carbocycles. The van der Waals surface area contributed by atoms with Crippen LogP contribution in [0.1, 0.15) is 61.9 Å². The van der Waals surface area contributed by atoms with Gasteiger partial charge in [0, 0.05) is 49.4 Å². The number of rotatable bonds is 5. The number of aromatic amines is 1. The molecule has 2 aliphatic rings. The summed E-state index contributed by atoms with van der Waals surface area (Å²) in [4.78, 5) is 31.8. The first-order chi connectivity index (χ1) is 13.1. The van der Waals surface area contributed by atoms with Crippen molar-refractivity contribution in [2.45, 2.75) is 64.4 Å². The minimum Gasteiger partial charge on any atom is -0.378 e. The molecule has 0 aromatic carbocycles. The van der Waals surface area contributed by atoms with Crippen molar-refractivity contribution in [3.63, 3.8) is 0 Å². The number of aryl methyl sites for hydroxylation is 2. The van der Waals surface area contributed by atoms with Gasteiger partial charge in [0.2, 0.25) is 5.91 Å². The third-order valence-corrected chi connectivity index (χ3v) is 5.96. The van der Waals surface area contributed by atoms with Crippen molar-refractivity contribution in [1.82, 2.24) is 19.5 Å². The molecule has 7 nitrogen and oxygen atoms in total. The van der Waals surface area contributed by atoms with E-state index in [0.29, 0.717) is 13.0 Å². The van der Waals surface area contributed by atoms with Crippen molar-refractivity contribution < 1.29 is 9.53 Å². The lowest BCUT2D eigenvalue weighted by atomic mass is 10.0. The molecule has 0 aliphatic carbocycles. The van der Waals surface area contributed by atoms with Gasteiger partial charge in [0.25, 0.3) is 5.56 Å². The molecule has 0 radical (unpaired) electrons. The molecule has 7 heteroatoms. The smallest absolute Gasteiger partial charge is 0.272 e. The van der Waals surface area contributed by atoms with Gasteiger partial charge in [-0.25, -0.2) is 9.50 Å². The molecule has 1 amide bonds. The SMILES string of the molecule is CCc1c(C)[nH]n2c(=O)cc([C@@H]3CCN(C(=O)CC[C@@H]4CCCO4)C3)nc12. The van der Waals surface area contributed by atoms with Crippen LogP contribution in [0.5, 0.6) is 0 Å². The van der Waals surface area contributed by atoms with Crippen molar-refractivity contribution in [3.8, 4) is 0 Å². The Labute approximate surface area is 158 Å². The molecular formula is C20H28N4O3. The fourth-order valence-corrected chi connectivity index (χ4v) is 4.39. The number of nitrogens with one attached hydrogen (secondary N) is 1. The van der Waals surface area contributed by atoms with Gasteiger partial charge in [-0.2, -0.15) is 0 Å². The first-order valence-corrected chi connectivity index (χ1v) is 10.1. The minimum atomic E-state index is -0.0824. The van der Waals surface area contributed by atoms with E-state index in [4.69, 9.17) is 9.72 Å². The number of H-pyrrole nitrogens is 1. The van der Waals surface area contributed by atoms with Crippen molar-refractivity contribution >= 4 is 11.6 Å².